The third-order valence-corrected chi connectivity index (χ3v) is 4.01. The molecule has 1 fully saturated rings. The lowest BCUT2D eigenvalue weighted by Crippen LogP contribution is -2.41. The van der Waals surface area contributed by atoms with Gasteiger partial charge in [-0.2, -0.15) is 0 Å². The minimum Gasteiger partial charge on any atom is -0.460 e. The largest absolute Gasteiger partial charge is 0.460 e. The molecule has 1 aliphatic rings. The fourth-order valence-electron chi connectivity index (χ4n) is 2.72. The van der Waals surface area contributed by atoms with Gasteiger partial charge >= 0.3 is 5.97 Å². The van der Waals surface area contributed by atoms with Gasteiger partial charge in [0.05, 0.1) is 11.5 Å². The molecular formula is C15H21NO3. The normalized spacial score (nSPS) is 28.1. The second-order valence-corrected chi connectivity index (χ2v) is 5.40. The number of ether oxygens (including phenoxy) is 1. The third-order valence-electron chi connectivity index (χ3n) is 4.01. The van der Waals surface area contributed by atoms with E-state index in [9.17, 15) is 9.90 Å². The van der Waals surface area contributed by atoms with Gasteiger partial charge in [0.25, 0.3) is 0 Å². The number of benzene rings is 1. The lowest BCUT2D eigenvalue weighted by molar-refractivity contribution is -0.164. The first-order chi connectivity index (χ1) is 9.04. The van der Waals surface area contributed by atoms with Crippen molar-refractivity contribution in [3.05, 3.63) is 35.9 Å². The Kier molecular flexibility index (Phi) is 4.22. The third kappa shape index (κ3) is 2.96. The molecule has 19 heavy (non-hydrogen) atoms. The first kappa shape index (κ1) is 14.0. The quantitative estimate of drug-likeness (QED) is 0.809. The molecule has 3 unspecified atom stereocenters. The second kappa shape index (κ2) is 5.72. The van der Waals surface area contributed by atoms with Crippen LogP contribution < -0.4 is 5.73 Å². The zero-order valence-electron chi connectivity index (χ0n) is 11.2. The van der Waals surface area contributed by atoms with Crippen LogP contribution in [0.5, 0.6) is 0 Å². The van der Waals surface area contributed by atoms with E-state index in [1.54, 1.807) is 6.92 Å². The average Bonchev–Trinajstić information content (AvgIpc) is 2.81. The molecule has 0 aromatic heterocycles. The molecule has 0 spiro atoms. The Morgan fingerprint density at radius 3 is 2.74 bits per heavy atom. The molecule has 0 radical (unpaired) electrons. The Morgan fingerprint density at radius 2 is 2.21 bits per heavy atom. The molecule has 2 rings (SSSR count). The van der Waals surface area contributed by atoms with E-state index in [0.29, 0.717) is 12.8 Å². The Balaban J connectivity index is 2.01. The zero-order valence-corrected chi connectivity index (χ0v) is 11.2. The van der Waals surface area contributed by atoms with Crippen LogP contribution in [0.15, 0.2) is 30.3 Å². The number of nitrogens with two attached hydrogens (primary N) is 1. The van der Waals surface area contributed by atoms with Gasteiger partial charge in [0.2, 0.25) is 0 Å². The molecule has 3 atom stereocenters. The lowest BCUT2D eigenvalue weighted by atomic mass is 9.81. The summed E-state index contributed by atoms with van der Waals surface area (Å²) in [5.74, 6) is -0.334. The number of rotatable bonds is 4. The molecular weight excluding hydrogens is 242 g/mol. The highest BCUT2D eigenvalue weighted by Crippen LogP contribution is 2.41. The van der Waals surface area contributed by atoms with Crippen LogP contribution in [0.4, 0.5) is 0 Å². The summed E-state index contributed by atoms with van der Waals surface area (Å²) in [6.07, 6.45) is 1.12. The number of hydrogen-bond acceptors (Lipinski definition) is 4. The minimum atomic E-state index is -0.825. The summed E-state index contributed by atoms with van der Waals surface area (Å²) in [6.45, 7) is 1.88. The van der Waals surface area contributed by atoms with E-state index in [1.165, 1.54) is 0 Å². The molecule has 0 bridgehead atoms. The van der Waals surface area contributed by atoms with Crippen LogP contribution in [0.25, 0.3) is 0 Å². The Bertz CT molecular complexity index is 432. The molecule has 4 nitrogen and oxygen atoms in total. The average molecular weight is 263 g/mol. The van der Waals surface area contributed by atoms with Crippen molar-refractivity contribution in [2.45, 2.75) is 44.9 Å². The number of hydrogen-bond donors (Lipinski definition) is 2. The molecule has 1 saturated carbocycles. The topological polar surface area (TPSA) is 72.5 Å². The van der Waals surface area contributed by atoms with Crippen LogP contribution >= 0.6 is 0 Å². The molecule has 1 aliphatic carbocycles. The number of carbonyl (C=O) groups is 1. The summed E-state index contributed by atoms with van der Waals surface area (Å²) < 4.78 is 5.37. The maximum absolute atomic E-state index is 12.3. The van der Waals surface area contributed by atoms with Crippen molar-refractivity contribution in [1.82, 2.24) is 0 Å². The van der Waals surface area contributed by atoms with Crippen molar-refractivity contribution in [2.24, 2.45) is 11.1 Å². The summed E-state index contributed by atoms with van der Waals surface area (Å²) in [6, 6.07) is 9.50. The van der Waals surface area contributed by atoms with E-state index in [1.807, 2.05) is 30.3 Å². The number of aliphatic hydroxyl groups is 1. The van der Waals surface area contributed by atoms with Gasteiger partial charge in [0.15, 0.2) is 0 Å². The molecule has 4 heteroatoms. The highest BCUT2D eigenvalue weighted by atomic mass is 16.5. The van der Waals surface area contributed by atoms with Gasteiger partial charge in [0.1, 0.15) is 6.61 Å². The molecule has 0 aliphatic heterocycles. The lowest BCUT2D eigenvalue weighted by Gasteiger charge is -2.29. The Morgan fingerprint density at radius 1 is 1.53 bits per heavy atom. The van der Waals surface area contributed by atoms with E-state index < -0.39 is 11.5 Å². The first-order valence-corrected chi connectivity index (χ1v) is 6.69. The van der Waals surface area contributed by atoms with Crippen molar-refractivity contribution < 1.29 is 14.6 Å². The second-order valence-electron chi connectivity index (χ2n) is 5.40. The van der Waals surface area contributed by atoms with Crippen molar-refractivity contribution in [2.75, 3.05) is 0 Å². The van der Waals surface area contributed by atoms with E-state index in [4.69, 9.17) is 10.5 Å². The molecule has 0 heterocycles. The summed E-state index contributed by atoms with van der Waals surface area (Å²) in [5.41, 5.74) is 5.99. The van der Waals surface area contributed by atoms with Gasteiger partial charge in [-0.05, 0) is 31.7 Å². The van der Waals surface area contributed by atoms with Gasteiger partial charge in [0, 0.05) is 6.04 Å². The zero-order chi connectivity index (χ0) is 13.9. The van der Waals surface area contributed by atoms with Crippen LogP contribution in [0.1, 0.15) is 31.7 Å². The fraction of sp³-hybridized carbons (Fsp3) is 0.533. The van der Waals surface area contributed by atoms with Gasteiger partial charge < -0.3 is 15.6 Å². The Labute approximate surface area is 113 Å². The van der Waals surface area contributed by atoms with E-state index >= 15 is 0 Å². The molecule has 1 aromatic rings. The summed E-state index contributed by atoms with van der Waals surface area (Å²) in [5, 5.41) is 9.93. The van der Waals surface area contributed by atoms with Crippen LogP contribution in [-0.4, -0.2) is 23.2 Å². The molecule has 1 aromatic carbocycles. The SMILES string of the molecule is CC(O)C1(C(=O)OCc2ccccc2)CCC(N)C1. The van der Waals surface area contributed by atoms with Crippen LogP contribution in [0, 0.1) is 5.41 Å². The molecule has 104 valence electrons. The van der Waals surface area contributed by atoms with E-state index in [2.05, 4.69) is 0 Å². The number of esters is 1. The smallest absolute Gasteiger partial charge is 0.315 e. The van der Waals surface area contributed by atoms with Gasteiger partial charge in [-0.1, -0.05) is 30.3 Å². The monoisotopic (exact) mass is 263 g/mol. The number of aliphatic hydroxyl groups excluding tert-OH is 1. The van der Waals surface area contributed by atoms with Crippen LogP contribution in [0.2, 0.25) is 0 Å². The van der Waals surface area contributed by atoms with Crippen molar-refractivity contribution >= 4 is 5.97 Å². The van der Waals surface area contributed by atoms with Gasteiger partial charge in [-0.3, -0.25) is 4.79 Å². The number of carbonyl (C=O) groups excluding carboxylic acids is 1. The van der Waals surface area contributed by atoms with Crippen LogP contribution in [-0.2, 0) is 16.1 Å². The molecule has 0 saturated heterocycles. The maximum Gasteiger partial charge on any atom is 0.315 e. The predicted octanol–water partition coefficient (Wildman–Crippen LogP) is 1.61. The standard InChI is InChI=1S/C15H21NO3/c1-11(17)15(8-7-13(16)9-15)14(18)19-10-12-5-3-2-4-6-12/h2-6,11,13,17H,7-10,16H2,1H3. The van der Waals surface area contributed by atoms with Gasteiger partial charge in [-0.15, -0.1) is 0 Å². The molecule has 3 N–H and O–H groups in total. The highest BCUT2D eigenvalue weighted by molar-refractivity contribution is 5.78. The van der Waals surface area contributed by atoms with Crippen molar-refractivity contribution in [3.63, 3.8) is 0 Å². The Hall–Kier alpha value is -1.39. The summed E-state index contributed by atoms with van der Waals surface area (Å²) in [7, 11) is 0. The minimum absolute atomic E-state index is 0.0288. The van der Waals surface area contributed by atoms with Crippen LogP contribution in [0.3, 0.4) is 0 Å². The van der Waals surface area contributed by atoms with Crippen molar-refractivity contribution in [1.29, 1.82) is 0 Å². The maximum atomic E-state index is 12.3. The first-order valence-electron chi connectivity index (χ1n) is 6.69. The summed E-state index contributed by atoms with van der Waals surface area (Å²) >= 11 is 0. The molecule has 0 amide bonds. The summed E-state index contributed by atoms with van der Waals surface area (Å²) in [4.78, 5) is 12.3. The van der Waals surface area contributed by atoms with Gasteiger partial charge in [-0.25, -0.2) is 0 Å². The highest BCUT2D eigenvalue weighted by Gasteiger charge is 2.49. The van der Waals surface area contributed by atoms with E-state index in [-0.39, 0.29) is 18.6 Å². The predicted molar refractivity (Wildman–Crippen MR) is 72.2 cm³/mol. The van der Waals surface area contributed by atoms with Crippen molar-refractivity contribution in [3.8, 4) is 0 Å². The van der Waals surface area contributed by atoms with E-state index in [0.717, 1.165) is 12.0 Å². The fourth-order valence-corrected chi connectivity index (χ4v) is 2.72.